The van der Waals surface area contributed by atoms with E-state index in [0.717, 1.165) is 18.7 Å². The van der Waals surface area contributed by atoms with Crippen molar-refractivity contribution in [1.82, 2.24) is 20.4 Å². The number of carbonyl (C=O) groups excluding carboxylic acids is 1. The summed E-state index contributed by atoms with van der Waals surface area (Å²) < 4.78 is 28.0. The zero-order valence-electron chi connectivity index (χ0n) is 15.3. The van der Waals surface area contributed by atoms with Crippen molar-refractivity contribution in [3.05, 3.63) is 35.7 Å². The van der Waals surface area contributed by atoms with Gasteiger partial charge in [-0.1, -0.05) is 23.9 Å². The van der Waals surface area contributed by atoms with Gasteiger partial charge in [0.2, 0.25) is 21.8 Å². The van der Waals surface area contributed by atoms with Gasteiger partial charge in [-0.05, 0) is 50.0 Å². The highest BCUT2D eigenvalue weighted by Crippen LogP contribution is 2.18. The molecule has 1 fully saturated rings. The lowest BCUT2D eigenvalue weighted by Gasteiger charge is -2.10. The highest BCUT2D eigenvalue weighted by atomic mass is 32.2. The first-order valence-electron chi connectivity index (χ1n) is 8.96. The lowest BCUT2D eigenvalue weighted by molar-refractivity contribution is -0.118. The number of carbonyl (C=O) groups is 1. The van der Waals surface area contributed by atoms with Gasteiger partial charge in [0.05, 0.1) is 17.2 Å². The minimum Gasteiger partial charge on any atom is -0.415 e. The summed E-state index contributed by atoms with van der Waals surface area (Å²) in [6.45, 7) is 3.21. The van der Waals surface area contributed by atoms with Crippen LogP contribution in [0.15, 0.2) is 38.8 Å². The molecule has 2 aromatic rings. The van der Waals surface area contributed by atoms with Crippen LogP contribution in [-0.4, -0.2) is 54.8 Å². The van der Waals surface area contributed by atoms with Crippen LogP contribution in [0.3, 0.4) is 0 Å². The summed E-state index contributed by atoms with van der Waals surface area (Å²) in [5, 5.41) is 16.3. The zero-order valence-corrected chi connectivity index (χ0v) is 17.0. The lowest BCUT2D eigenvalue weighted by Crippen LogP contribution is -2.27. The molecule has 0 radical (unpaired) electrons. The van der Waals surface area contributed by atoms with Crippen molar-refractivity contribution in [3.8, 4) is 0 Å². The molecule has 1 aliphatic heterocycles. The fraction of sp³-hybridized carbons (Fsp3) is 0.471. The van der Waals surface area contributed by atoms with Gasteiger partial charge in [0.1, 0.15) is 0 Å². The van der Waals surface area contributed by atoms with E-state index < -0.39 is 10.0 Å². The summed E-state index contributed by atoms with van der Waals surface area (Å²) in [5.74, 6) is 0.633. The number of benzene rings is 1. The number of thioether (sulfide) groups is 1. The average molecular weight is 426 g/mol. The number of nitrogens with one attached hydrogen (secondary N) is 1. The van der Waals surface area contributed by atoms with Gasteiger partial charge < -0.3 is 9.73 Å². The zero-order chi connectivity index (χ0) is 20.0. The Morgan fingerprint density at radius 2 is 1.93 bits per heavy atom. The molecule has 1 aromatic heterocycles. The van der Waals surface area contributed by atoms with Crippen molar-refractivity contribution in [2.75, 3.05) is 25.4 Å². The molecule has 0 bridgehead atoms. The van der Waals surface area contributed by atoms with Crippen molar-refractivity contribution < 1.29 is 17.6 Å². The highest BCUT2D eigenvalue weighted by molar-refractivity contribution is 7.99. The molecule has 28 heavy (non-hydrogen) atoms. The van der Waals surface area contributed by atoms with Crippen LogP contribution in [0, 0.1) is 0 Å². The number of amides is 1. The van der Waals surface area contributed by atoms with Crippen LogP contribution in [0.5, 0.6) is 0 Å². The minimum absolute atomic E-state index is 0.0698. The predicted molar refractivity (Wildman–Crippen MR) is 104 cm³/mol. The van der Waals surface area contributed by atoms with E-state index >= 15 is 0 Å². The lowest BCUT2D eigenvalue weighted by atomic mass is 10.1. The fourth-order valence-electron chi connectivity index (χ4n) is 2.86. The molecule has 1 aromatic carbocycles. The smallest absolute Gasteiger partial charge is 0.277 e. The normalized spacial score (nSPS) is 15.0. The van der Waals surface area contributed by atoms with E-state index in [2.05, 4.69) is 20.4 Å². The number of aromatic nitrogens is 2. The molecule has 0 saturated carbocycles. The molecule has 152 valence electrons. The van der Waals surface area contributed by atoms with Crippen LogP contribution < -0.4 is 10.5 Å². The summed E-state index contributed by atoms with van der Waals surface area (Å²) in [6.07, 6.45) is 2.99. The Balaban J connectivity index is 1.36. The molecule has 0 unspecified atom stereocenters. The molecule has 3 N–H and O–H groups in total. The first kappa shape index (κ1) is 20.8. The second-order valence-electron chi connectivity index (χ2n) is 6.52. The van der Waals surface area contributed by atoms with Gasteiger partial charge in [0.15, 0.2) is 0 Å². The molecule has 0 atom stereocenters. The largest absolute Gasteiger partial charge is 0.415 e. The van der Waals surface area contributed by atoms with E-state index in [-0.39, 0.29) is 16.6 Å². The molecule has 9 nitrogen and oxygen atoms in total. The molecule has 1 amide bonds. The van der Waals surface area contributed by atoms with Crippen molar-refractivity contribution in [3.63, 3.8) is 0 Å². The SMILES string of the molecule is NS(=O)(=O)c1ccc(CCNC(=O)CSc2nnc(CN3CCCC3)o2)cc1. The summed E-state index contributed by atoms with van der Waals surface area (Å²) in [7, 11) is -3.69. The monoisotopic (exact) mass is 425 g/mol. The van der Waals surface area contributed by atoms with Crippen molar-refractivity contribution in [1.29, 1.82) is 0 Å². The molecule has 0 spiro atoms. The Labute approximate surface area is 168 Å². The molecule has 0 aliphatic carbocycles. The Hall–Kier alpha value is -1.95. The Kier molecular flexibility index (Phi) is 7.05. The maximum atomic E-state index is 12.0. The Bertz CT molecular complexity index is 893. The quantitative estimate of drug-likeness (QED) is 0.563. The van der Waals surface area contributed by atoms with Gasteiger partial charge in [0, 0.05) is 6.54 Å². The van der Waals surface area contributed by atoms with Gasteiger partial charge in [-0.15, -0.1) is 10.2 Å². The number of sulfonamides is 1. The standard InChI is InChI=1S/C17H23N5O4S2/c18-28(24,25)14-5-3-13(4-6-14)7-8-19-15(23)12-27-17-21-20-16(26-17)11-22-9-1-2-10-22/h3-6H,1-2,7-12H2,(H,19,23)(H2,18,24,25). The number of hydrogen-bond acceptors (Lipinski definition) is 8. The van der Waals surface area contributed by atoms with E-state index in [4.69, 9.17) is 9.56 Å². The number of nitrogens with two attached hydrogens (primary N) is 1. The fourth-order valence-corrected chi connectivity index (χ4v) is 3.99. The molecular formula is C17H23N5O4S2. The third kappa shape index (κ3) is 6.30. The maximum absolute atomic E-state index is 12.0. The molecule has 11 heteroatoms. The summed E-state index contributed by atoms with van der Waals surface area (Å²) in [5.41, 5.74) is 0.906. The molecular weight excluding hydrogens is 402 g/mol. The second-order valence-corrected chi connectivity index (χ2v) is 9.01. The summed E-state index contributed by atoms with van der Waals surface area (Å²) in [6, 6.07) is 6.28. The van der Waals surface area contributed by atoms with Gasteiger partial charge in [-0.2, -0.15) is 0 Å². The van der Waals surface area contributed by atoms with Crippen LogP contribution in [0.2, 0.25) is 0 Å². The minimum atomic E-state index is -3.69. The first-order chi connectivity index (χ1) is 13.4. The third-order valence-electron chi connectivity index (χ3n) is 4.32. The second kappa shape index (κ2) is 9.50. The van der Waals surface area contributed by atoms with Crippen molar-refractivity contribution in [2.24, 2.45) is 5.14 Å². The van der Waals surface area contributed by atoms with Gasteiger partial charge in [-0.25, -0.2) is 13.6 Å². The molecule has 3 rings (SSSR count). The van der Waals surface area contributed by atoms with E-state index in [0.29, 0.717) is 30.6 Å². The van der Waals surface area contributed by atoms with Crippen LogP contribution in [0.1, 0.15) is 24.3 Å². The molecule has 2 heterocycles. The van der Waals surface area contributed by atoms with E-state index in [9.17, 15) is 13.2 Å². The Morgan fingerprint density at radius 3 is 2.61 bits per heavy atom. The van der Waals surface area contributed by atoms with Crippen molar-refractivity contribution in [2.45, 2.75) is 35.9 Å². The van der Waals surface area contributed by atoms with Crippen LogP contribution in [0.25, 0.3) is 0 Å². The Morgan fingerprint density at radius 1 is 1.21 bits per heavy atom. The van der Waals surface area contributed by atoms with Gasteiger partial charge >= 0.3 is 0 Å². The van der Waals surface area contributed by atoms with Gasteiger partial charge in [-0.3, -0.25) is 9.69 Å². The average Bonchev–Trinajstić information content (AvgIpc) is 3.32. The number of nitrogens with zero attached hydrogens (tertiary/aromatic N) is 3. The van der Waals surface area contributed by atoms with Gasteiger partial charge in [0.25, 0.3) is 5.22 Å². The topological polar surface area (TPSA) is 131 Å². The van der Waals surface area contributed by atoms with E-state index in [1.54, 1.807) is 12.1 Å². The molecule has 1 aliphatic rings. The maximum Gasteiger partial charge on any atom is 0.277 e. The first-order valence-corrected chi connectivity index (χ1v) is 11.5. The number of likely N-dealkylation sites (tertiary alicyclic amines) is 1. The van der Waals surface area contributed by atoms with Crippen LogP contribution in [0.4, 0.5) is 0 Å². The summed E-state index contributed by atoms with van der Waals surface area (Å²) >= 11 is 1.21. The number of hydrogen-bond donors (Lipinski definition) is 2. The van der Waals surface area contributed by atoms with E-state index in [1.165, 1.54) is 36.7 Å². The van der Waals surface area contributed by atoms with Crippen LogP contribution >= 0.6 is 11.8 Å². The van der Waals surface area contributed by atoms with Crippen molar-refractivity contribution >= 4 is 27.7 Å². The molecule has 1 saturated heterocycles. The predicted octanol–water partition coefficient (Wildman–Crippen LogP) is 0.764. The summed E-state index contributed by atoms with van der Waals surface area (Å²) in [4.78, 5) is 14.3. The van der Waals surface area contributed by atoms with Crippen LogP contribution in [-0.2, 0) is 27.8 Å². The number of rotatable bonds is 9. The highest BCUT2D eigenvalue weighted by Gasteiger charge is 2.16. The number of primary sulfonamides is 1. The third-order valence-corrected chi connectivity index (χ3v) is 6.07. The van der Waals surface area contributed by atoms with E-state index in [1.807, 2.05) is 0 Å².